The first-order valence-corrected chi connectivity index (χ1v) is 8.15. The van der Waals surface area contributed by atoms with Crippen LogP contribution in [-0.2, 0) is 14.3 Å². The number of esters is 1. The highest BCUT2D eigenvalue weighted by atomic mass is 35.5. The van der Waals surface area contributed by atoms with Crippen molar-refractivity contribution in [1.82, 2.24) is 9.88 Å². The van der Waals surface area contributed by atoms with E-state index in [0.717, 1.165) is 18.5 Å². The predicted molar refractivity (Wildman–Crippen MR) is 88.5 cm³/mol. The molecular formula is C16H22ClN3O3. The number of rotatable bonds is 5. The lowest BCUT2D eigenvalue weighted by atomic mass is 9.98. The molecule has 1 saturated heterocycles. The number of pyridine rings is 1. The van der Waals surface area contributed by atoms with Gasteiger partial charge in [0.05, 0.1) is 29.8 Å². The molecule has 126 valence electrons. The van der Waals surface area contributed by atoms with Crippen LogP contribution in [0.5, 0.6) is 0 Å². The van der Waals surface area contributed by atoms with Crippen molar-refractivity contribution >= 4 is 29.2 Å². The van der Waals surface area contributed by atoms with Gasteiger partial charge in [0, 0.05) is 32.5 Å². The van der Waals surface area contributed by atoms with Crippen LogP contribution in [0.25, 0.3) is 0 Å². The molecule has 0 radical (unpaired) electrons. The maximum absolute atomic E-state index is 12.5. The van der Waals surface area contributed by atoms with E-state index in [2.05, 4.69) is 4.98 Å². The number of nitrogens with zero attached hydrogens (tertiary/aromatic N) is 3. The van der Waals surface area contributed by atoms with Gasteiger partial charge < -0.3 is 14.5 Å². The zero-order valence-electron chi connectivity index (χ0n) is 13.5. The fourth-order valence-corrected chi connectivity index (χ4v) is 2.99. The van der Waals surface area contributed by atoms with Crippen LogP contribution in [0.2, 0.25) is 5.02 Å². The van der Waals surface area contributed by atoms with E-state index in [1.54, 1.807) is 35.2 Å². The summed E-state index contributed by atoms with van der Waals surface area (Å²) in [6.07, 6.45) is 4.78. The maximum Gasteiger partial charge on any atom is 0.310 e. The molecule has 1 aromatic heterocycles. The van der Waals surface area contributed by atoms with E-state index in [1.165, 1.54) is 0 Å². The third-order valence-corrected chi connectivity index (χ3v) is 4.22. The molecule has 0 bridgehead atoms. The Hall–Kier alpha value is -1.82. The number of piperidine rings is 1. The Balaban J connectivity index is 1.95. The van der Waals surface area contributed by atoms with Gasteiger partial charge in [0.2, 0.25) is 5.91 Å². The summed E-state index contributed by atoms with van der Waals surface area (Å²) in [5.74, 6) is -0.452. The van der Waals surface area contributed by atoms with Gasteiger partial charge in [-0.2, -0.15) is 0 Å². The summed E-state index contributed by atoms with van der Waals surface area (Å²) >= 11 is 6.10. The van der Waals surface area contributed by atoms with Gasteiger partial charge in [-0.3, -0.25) is 14.6 Å². The van der Waals surface area contributed by atoms with Crippen LogP contribution in [0.1, 0.15) is 19.8 Å². The first-order chi connectivity index (χ1) is 11.0. The second-order valence-electron chi connectivity index (χ2n) is 5.61. The van der Waals surface area contributed by atoms with Crippen molar-refractivity contribution in [3.8, 4) is 0 Å². The molecule has 0 spiro atoms. The van der Waals surface area contributed by atoms with Crippen LogP contribution in [0.4, 0.5) is 5.69 Å². The first kappa shape index (κ1) is 17.5. The number of aromatic nitrogens is 1. The lowest BCUT2D eigenvalue weighted by Gasteiger charge is -2.33. The lowest BCUT2D eigenvalue weighted by Crippen LogP contribution is -2.46. The van der Waals surface area contributed by atoms with Crippen molar-refractivity contribution in [2.45, 2.75) is 19.8 Å². The summed E-state index contributed by atoms with van der Waals surface area (Å²) in [5, 5.41) is 0.505. The minimum Gasteiger partial charge on any atom is -0.466 e. The van der Waals surface area contributed by atoms with Gasteiger partial charge in [0.25, 0.3) is 0 Å². The van der Waals surface area contributed by atoms with Gasteiger partial charge in [-0.25, -0.2) is 0 Å². The molecule has 0 saturated carbocycles. The van der Waals surface area contributed by atoms with E-state index >= 15 is 0 Å². The molecule has 1 aliphatic heterocycles. The molecule has 0 aliphatic carbocycles. The van der Waals surface area contributed by atoms with Gasteiger partial charge >= 0.3 is 5.97 Å². The molecule has 2 rings (SSSR count). The van der Waals surface area contributed by atoms with Gasteiger partial charge in [0.15, 0.2) is 0 Å². The number of hydrogen-bond acceptors (Lipinski definition) is 5. The SMILES string of the molecule is CCOC(=O)[C@@H]1CCCN(C(=O)CN(C)c2ccncc2Cl)C1. The molecule has 1 amide bonds. The average Bonchev–Trinajstić information content (AvgIpc) is 2.55. The van der Waals surface area contributed by atoms with E-state index < -0.39 is 0 Å². The second-order valence-corrected chi connectivity index (χ2v) is 6.02. The van der Waals surface area contributed by atoms with Crippen LogP contribution >= 0.6 is 11.6 Å². The first-order valence-electron chi connectivity index (χ1n) is 7.78. The number of hydrogen-bond donors (Lipinski definition) is 0. The number of amides is 1. The molecule has 2 heterocycles. The number of likely N-dealkylation sites (N-methyl/N-ethyl adjacent to an activating group) is 1. The standard InChI is InChI=1S/C16H22ClN3O3/c1-3-23-16(22)12-5-4-8-20(10-12)15(21)11-19(2)14-6-7-18-9-13(14)17/h6-7,9,12H,3-5,8,10-11H2,1-2H3/t12-/m1/s1. The van der Waals surface area contributed by atoms with Crippen molar-refractivity contribution < 1.29 is 14.3 Å². The van der Waals surface area contributed by atoms with Gasteiger partial charge in [-0.1, -0.05) is 11.6 Å². The van der Waals surface area contributed by atoms with Crippen LogP contribution in [0, 0.1) is 5.92 Å². The van der Waals surface area contributed by atoms with E-state index in [9.17, 15) is 9.59 Å². The van der Waals surface area contributed by atoms with Crippen molar-refractivity contribution in [1.29, 1.82) is 0 Å². The Kier molecular flexibility index (Phi) is 6.21. The molecule has 0 N–H and O–H groups in total. The quantitative estimate of drug-likeness (QED) is 0.767. The smallest absolute Gasteiger partial charge is 0.310 e. The molecule has 23 heavy (non-hydrogen) atoms. The van der Waals surface area contributed by atoms with Crippen LogP contribution < -0.4 is 4.90 Å². The lowest BCUT2D eigenvalue weighted by molar-refractivity contribution is -0.151. The van der Waals surface area contributed by atoms with Gasteiger partial charge in [-0.05, 0) is 25.8 Å². The van der Waals surface area contributed by atoms with Crippen LogP contribution in [0.3, 0.4) is 0 Å². The fourth-order valence-electron chi connectivity index (χ4n) is 2.72. The normalized spacial score (nSPS) is 17.7. The largest absolute Gasteiger partial charge is 0.466 e. The Morgan fingerprint density at radius 1 is 1.52 bits per heavy atom. The average molecular weight is 340 g/mol. The third kappa shape index (κ3) is 4.58. The number of anilines is 1. The molecule has 1 aliphatic rings. The zero-order valence-corrected chi connectivity index (χ0v) is 14.3. The van der Waals surface area contributed by atoms with Crippen LogP contribution in [-0.4, -0.2) is 55.0 Å². The molecule has 0 unspecified atom stereocenters. The monoisotopic (exact) mass is 339 g/mol. The van der Waals surface area contributed by atoms with E-state index in [4.69, 9.17) is 16.3 Å². The number of carbonyl (C=O) groups excluding carboxylic acids is 2. The molecule has 1 atom stereocenters. The fraction of sp³-hybridized carbons (Fsp3) is 0.562. The van der Waals surface area contributed by atoms with E-state index in [0.29, 0.717) is 24.7 Å². The number of likely N-dealkylation sites (tertiary alicyclic amines) is 1. The summed E-state index contributed by atoms with van der Waals surface area (Å²) < 4.78 is 5.06. The molecule has 7 heteroatoms. The highest BCUT2D eigenvalue weighted by Crippen LogP contribution is 2.23. The predicted octanol–water partition coefficient (Wildman–Crippen LogP) is 1.97. The number of halogens is 1. The topological polar surface area (TPSA) is 62.7 Å². The van der Waals surface area contributed by atoms with Crippen molar-refractivity contribution in [3.05, 3.63) is 23.5 Å². The Bertz CT molecular complexity index is 567. The van der Waals surface area contributed by atoms with E-state index in [-0.39, 0.29) is 24.3 Å². The second kappa shape index (κ2) is 8.15. The molecule has 0 aromatic carbocycles. The maximum atomic E-state index is 12.5. The van der Waals surface area contributed by atoms with Crippen molar-refractivity contribution in [3.63, 3.8) is 0 Å². The molecule has 1 fully saturated rings. The minimum atomic E-state index is -0.220. The van der Waals surface area contributed by atoms with Crippen LogP contribution in [0.15, 0.2) is 18.5 Å². The summed E-state index contributed by atoms with van der Waals surface area (Å²) in [5.41, 5.74) is 0.758. The Morgan fingerprint density at radius 3 is 3.00 bits per heavy atom. The summed E-state index contributed by atoms with van der Waals surface area (Å²) in [6.45, 7) is 3.46. The number of carbonyl (C=O) groups is 2. The number of ether oxygens (including phenoxy) is 1. The molecule has 1 aromatic rings. The molecular weight excluding hydrogens is 318 g/mol. The Morgan fingerprint density at radius 2 is 2.30 bits per heavy atom. The summed E-state index contributed by atoms with van der Waals surface area (Å²) in [6, 6.07) is 1.77. The zero-order chi connectivity index (χ0) is 16.8. The minimum absolute atomic E-state index is 0.0191. The van der Waals surface area contributed by atoms with Gasteiger partial charge in [-0.15, -0.1) is 0 Å². The van der Waals surface area contributed by atoms with Gasteiger partial charge in [0.1, 0.15) is 0 Å². The van der Waals surface area contributed by atoms with Crippen molar-refractivity contribution in [2.75, 3.05) is 38.2 Å². The summed E-state index contributed by atoms with van der Waals surface area (Å²) in [7, 11) is 1.81. The highest BCUT2D eigenvalue weighted by Gasteiger charge is 2.29. The van der Waals surface area contributed by atoms with E-state index in [1.807, 2.05) is 7.05 Å². The molecule has 6 nitrogen and oxygen atoms in total. The third-order valence-electron chi connectivity index (χ3n) is 3.93. The Labute approximate surface area is 141 Å². The highest BCUT2D eigenvalue weighted by molar-refractivity contribution is 6.33. The van der Waals surface area contributed by atoms with Crippen molar-refractivity contribution in [2.24, 2.45) is 5.92 Å². The summed E-state index contributed by atoms with van der Waals surface area (Å²) in [4.78, 5) is 31.8.